The van der Waals surface area contributed by atoms with Crippen molar-refractivity contribution < 1.29 is 14.3 Å². The lowest BCUT2D eigenvalue weighted by atomic mass is 10.2. The summed E-state index contributed by atoms with van der Waals surface area (Å²) in [6.45, 7) is 2.86. The van der Waals surface area contributed by atoms with E-state index in [0.29, 0.717) is 13.2 Å². The van der Waals surface area contributed by atoms with Crippen LogP contribution in [0.4, 0.5) is 0 Å². The van der Waals surface area contributed by atoms with Crippen molar-refractivity contribution in [3.8, 4) is 11.5 Å². The number of hydrogen-bond acceptors (Lipinski definition) is 4. The molecule has 1 aliphatic heterocycles. The predicted octanol–water partition coefficient (Wildman–Crippen LogP) is 2.63. The lowest BCUT2D eigenvalue weighted by molar-refractivity contribution is 0.0791. The second-order valence-electron chi connectivity index (χ2n) is 4.62. The average Bonchev–Trinajstić information content (AvgIpc) is 2.91. The van der Waals surface area contributed by atoms with Crippen molar-refractivity contribution in [2.75, 3.05) is 13.2 Å². The molecular weight excluding hydrogens is 274 g/mol. The van der Waals surface area contributed by atoms with Gasteiger partial charge >= 0.3 is 0 Å². The number of thiophene rings is 1. The summed E-state index contributed by atoms with van der Waals surface area (Å²) in [7, 11) is 0. The molecule has 0 saturated heterocycles. The van der Waals surface area contributed by atoms with Crippen LogP contribution >= 0.6 is 11.3 Å². The third-order valence-electron chi connectivity index (χ3n) is 3.02. The van der Waals surface area contributed by atoms with Gasteiger partial charge in [0, 0.05) is 4.88 Å². The summed E-state index contributed by atoms with van der Waals surface area (Å²) in [4.78, 5) is 13.8. The van der Waals surface area contributed by atoms with E-state index in [2.05, 4.69) is 5.32 Å². The fourth-order valence-electron chi connectivity index (χ4n) is 2.01. The van der Waals surface area contributed by atoms with Crippen LogP contribution in [0.5, 0.6) is 11.5 Å². The number of amides is 1. The van der Waals surface area contributed by atoms with Gasteiger partial charge in [0.1, 0.15) is 12.7 Å². The Labute approximate surface area is 121 Å². The van der Waals surface area contributed by atoms with E-state index < -0.39 is 0 Å². The van der Waals surface area contributed by atoms with E-state index in [1.165, 1.54) is 11.3 Å². The van der Waals surface area contributed by atoms with E-state index in [-0.39, 0.29) is 12.0 Å². The summed E-state index contributed by atoms with van der Waals surface area (Å²) in [5.74, 6) is 1.42. The highest BCUT2D eigenvalue weighted by atomic mass is 32.1. The Balaban J connectivity index is 1.56. The molecule has 1 amide bonds. The van der Waals surface area contributed by atoms with E-state index in [0.717, 1.165) is 21.3 Å². The molecule has 5 heteroatoms. The molecule has 2 heterocycles. The Kier molecular flexibility index (Phi) is 3.60. The third-order valence-corrected chi connectivity index (χ3v) is 4.02. The molecular formula is C15H15NO3S. The molecule has 1 N–H and O–H groups in total. The average molecular weight is 289 g/mol. The van der Waals surface area contributed by atoms with Crippen molar-refractivity contribution in [1.29, 1.82) is 0 Å². The lowest BCUT2D eigenvalue weighted by Crippen LogP contribution is -2.40. The summed E-state index contributed by atoms with van der Waals surface area (Å²) < 4.78 is 11.4. The first-order valence-electron chi connectivity index (χ1n) is 6.45. The Morgan fingerprint density at radius 2 is 2.10 bits per heavy atom. The summed E-state index contributed by atoms with van der Waals surface area (Å²) in [6, 6.07) is 11.3. The SMILES string of the molecule is Cc1ccc(C(=O)NC[C@H]2COc3ccccc3O2)s1. The van der Waals surface area contributed by atoms with Gasteiger partial charge in [0.2, 0.25) is 0 Å². The highest BCUT2D eigenvalue weighted by molar-refractivity contribution is 7.13. The Morgan fingerprint density at radius 3 is 2.85 bits per heavy atom. The van der Waals surface area contributed by atoms with Crippen molar-refractivity contribution in [3.05, 3.63) is 46.2 Å². The number of hydrogen-bond donors (Lipinski definition) is 1. The van der Waals surface area contributed by atoms with Crippen LogP contribution in [0.25, 0.3) is 0 Å². The van der Waals surface area contributed by atoms with Crippen LogP contribution in [-0.2, 0) is 0 Å². The second kappa shape index (κ2) is 5.54. The molecule has 1 atom stereocenters. The first-order chi connectivity index (χ1) is 9.72. The van der Waals surface area contributed by atoms with Crippen LogP contribution in [0, 0.1) is 6.92 Å². The van der Waals surface area contributed by atoms with Crippen molar-refractivity contribution in [3.63, 3.8) is 0 Å². The number of carbonyl (C=O) groups excluding carboxylic acids is 1. The lowest BCUT2D eigenvalue weighted by Gasteiger charge is -2.26. The summed E-state index contributed by atoms with van der Waals surface area (Å²) in [6.07, 6.45) is -0.157. The van der Waals surface area contributed by atoms with Crippen LogP contribution in [0.1, 0.15) is 14.5 Å². The van der Waals surface area contributed by atoms with E-state index in [9.17, 15) is 4.79 Å². The maximum absolute atomic E-state index is 11.9. The molecule has 0 unspecified atom stereocenters. The smallest absolute Gasteiger partial charge is 0.261 e. The second-order valence-corrected chi connectivity index (χ2v) is 5.91. The standard InChI is InChI=1S/C15H15NO3S/c1-10-6-7-14(20-10)15(17)16-8-11-9-18-12-4-2-3-5-13(12)19-11/h2-7,11H,8-9H2,1H3,(H,16,17)/t11-/m0/s1. The molecule has 1 aromatic carbocycles. The number of carbonyl (C=O) groups is 1. The first kappa shape index (κ1) is 13.0. The molecule has 0 bridgehead atoms. The molecule has 0 fully saturated rings. The molecule has 2 aromatic rings. The number of ether oxygens (including phenoxy) is 2. The topological polar surface area (TPSA) is 47.6 Å². The van der Waals surface area contributed by atoms with Crippen LogP contribution in [0.3, 0.4) is 0 Å². The van der Waals surface area contributed by atoms with Crippen LogP contribution in [-0.4, -0.2) is 25.2 Å². The normalized spacial score (nSPS) is 16.8. The zero-order valence-electron chi connectivity index (χ0n) is 11.1. The zero-order valence-corrected chi connectivity index (χ0v) is 11.9. The molecule has 104 valence electrons. The number of benzene rings is 1. The van der Waals surface area contributed by atoms with E-state index in [1.807, 2.05) is 43.3 Å². The number of aryl methyl sites for hydroxylation is 1. The first-order valence-corrected chi connectivity index (χ1v) is 7.27. The van der Waals surface area contributed by atoms with Crippen molar-refractivity contribution in [1.82, 2.24) is 5.32 Å². The van der Waals surface area contributed by atoms with E-state index in [4.69, 9.17) is 9.47 Å². The van der Waals surface area contributed by atoms with Gasteiger partial charge in [-0.3, -0.25) is 4.79 Å². The van der Waals surface area contributed by atoms with Crippen molar-refractivity contribution in [2.45, 2.75) is 13.0 Å². The van der Waals surface area contributed by atoms with E-state index in [1.54, 1.807) is 0 Å². The van der Waals surface area contributed by atoms with Gasteiger partial charge in [-0.2, -0.15) is 0 Å². The number of rotatable bonds is 3. The van der Waals surface area contributed by atoms with Crippen LogP contribution in [0.2, 0.25) is 0 Å². The predicted molar refractivity (Wildman–Crippen MR) is 77.7 cm³/mol. The monoisotopic (exact) mass is 289 g/mol. The quantitative estimate of drug-likeness (QED) is 0.945. The Hall–Kier alpha value is -2.01. The Bertz CT molecular complexity index is 623. The number of nitrogens with one attached hydrogen (secondary N) is 1. The van der Waals surface area contributed by atoms with E-state index >= 15 is 0 Å². The van der Waals surface area contributed by atoms with Gasteiger partial charge in [0.25, 0.3) is 5.91 Å². The van der Waals surface area contributed by atoms with Gasteiger partial charge in [-0.15, -0.1) is 11.3 Å². The largest absolute Gasteiger partial charge is 0.486 e. The van der Waals surface area contributed by atoms with Gasteiger partial charge in [0.15, 0.2) is 11.5 Å². The van der Waals surface area contributed by atoms with Gasteiger partial charge < -0.3 is 14.8 Å². The molecule has 3 rings (SSSR count). The fraction of sp³-hybridized carbons (Fsp3) is 0.267. The molecule has 1 aromatic heterocycles. The molecule has 0 radical (unpaired) electrons. The van der Waals surface area contributed by atoms with Gasteiger partial charge in [0.05, 0.1) is 11.4 Å². The maximum Gasteiger partial charge on any atom is 0.261 e. The molecule has 4 nitrogen and oxygen atoms in total. The van der Waals surface area contributed by atoms with Crippen molar-refractivity contribution in [2.24, 2.45) is 0 Å². The summed E-state index contributed by atoms with van der Waals surface area (Å²) in [5, 5.41) is 2.88. The minimum Gasteiger partial charge on any atom is -0.486 e. The van der Waals surface area contributed by atoms with Crippen LogP contribution in [0.15, 0.2) is 36.4 Å². The number of fused-ring (bicyclic) bond motifs is 1. The van der Waals surface area contributed by atoms with Gasteiger partial charge in [-0.1, -0.05) is 12.1 Å². The highest BCUT2D eigenvalue weighted by Gasteiger charge is 2.21. The molecule has 0 aliphatic carbocycles. The van der Waals surface area contributed by atoms with Gasteiger partial charge in [-0.05, 0) is 31.2 Å². The van der Waals surface area contributed by atoms with Crippen LogP contribution < -0.4 is 14.8 Å². The number of para-hydroxylation sites is 2. The van der Waals surface area contributed by atoms with Crippen molar-refractivity contribution >= 4 is 17.2 Å². The molecule has 1 aliphatic rings. The molecule has 0 spiro atoms. The minimum absolute atomic E-state index is 0.0643. The zero-order chi connectivity index (χ0) is 13.9. The van der Waals surface area contributed by atoms with Gasteiger partial charge in [-0.25, -0.2) is 0 Å². The minimum atomic E-state index is -0.157. The Morgan fingerprint density at radius 1 is 1.30 bits per heavy atom. The molecule has 20 heavy (non-hydrogen) atoms. The summed E-state index contributed by atoms with van der Waals surface area (Å²) >= 11 is 1.49. The highest BCUT2D eigenvalue weighted by Crippen LogP contribution is 2.30. The summed E-state index contributed by atoms with van der Waals surface area (Å²) in [5.41, 5.74) is 0. The maximum atomic E-state index is 11.9. The molecule has 0 saturated carbocycles. The fourth-order valence-corrected chi connectivity index (χ4v) is 2.80. The third kappa shape index (κ3) is 2.77.